The molecule has 1 heterocycles. The fourth-order valence-electron chi connectivity index (χ4n) is 1.60. The molecule has 0 aliphatic carbocycles. The number of hydrogen-bond donors (Lipinski definition) is 0. The first-order valence-corrected chi connectivity index (χ1v) is 5.00. The van der Waals surface area contributed by atoms with E-state index in [1.54, 1.807) is 30.3 Å². The van der Waals surface area contributed by atoms with Gasteiger partial charge in [0.25, 0.3) is 0 Å². The minimum atomic E-state index is -0.561. The number of hydrogen-bond acceptors (Lipinski definition) is 3. The summed E-state index contributed by atoms with van der Waals surface area (Å²) in [6, 6.07) is 8.14. The summed E-state index contributed by atoms with van der Waals surface area (Å²) in [5.41, 5.74) is 1.34. The molecular formula is C13H10FNO2. The van der Waals surface area contributed by atoms with E-state index in [0.717, 1.165) is 0 Å². The zero-order valence-corrected chi connectivity index (χ0v) is 9.18. The lowest BCUT2D eigenvalue weighted by atomic mass is 10.0. The van der Waals surface area contributed by atoms with Crippen LogP contribution >= 0.6 is 0 Å². The molecule has 86 valence electrons. The highest BCUT2D eigenvalue weighted by Crippen LogP contribution is 2.26. The van der Waals surface area contributed by atoms with Crippen LogP contribution in [0.15, 0.2) is 36.5 Å². The van der Waals surface area contributed by atoms with Gasteiger partial charge in [-0.3, -0.25) is 4.79 Å². The van der Waals surface area contributed by atoms with Gasteiger partial charge < -0.3 is 4.74 Å². The van der Waals surface area contributed by atoms with Crippen molar-refractivity contribution in [2.75, 3.05) is 7.11 Å². The smallest absolute Gasteiger partial charge is 0.220 e. The highest BCUT2D eigenvalue weighted by Gasteiger charge is 2.08. The van der Waals surface area contributed by atoms with E-state index in [2.05, 4.69) is 4.98 Å². The molecule has 4 heteroatoms. The van der Waals surface area contributed by atoms with Crippen LogP contribution in [-0.4, -0.2) is 18.4 Å². The first kappa shape index (κ1) is 11.3. The molecule has 0 N–H and O–H groups in total. The minimum Gasteiger partial charge on any atom is -0.496 e. The summed E-state index contributed by atoms with van der Waals surface area (Å²) >= 11 is 0. The number of pyridine rings is 1. The third-order valence-corrected chi connectivity index (χ3v) is 2.43. The summed E-state index contributed by atoms with van der Waals surface area (Å²) in [7, 11) is 1.48. The van der Waals surface area contributed by atoms with Crippen LogP contribution in [-0.2, 0) is 0 Å². The number of carbonyl (C=O) groups excluding carboxylic acids is 1. The fourth-order valence-corrected chi connectivity index (χ4v) is 1.60. The normalized spacial score (nSPS) is 10.0. The molecule has 0 saturated carbocycles. The molecule has 2 rings (SSSR count). The van der Waals surface area contributed by atoms with Crippen molar-refractivity contribution in [3.63, 3.8) is 0 Å². The third kappa shape index (κ3) is 2.15. The predicted molar refractivity (Wildman–Crippen MR) is 61.6 cm³/mol. The van der Waals surface area contributed by atoms with E-state index < -0.39 is 5.95 Å². The van der Waals surface area contributed by atoms with Gasteiger partial charge in [0.05, 0.1) is 12.7 Å². The van der Waals surface area contributed by atoms with Crippen LogP contribution in [0.5, 0.6) is 5.75 Å². The summed E-state index contributed by atoms with van der Waals surface area (Å²) < 4.78 is 18.5. The number of benzene rings is 1. The van der Waals surface area contributed by atoms with Crippen LogP contribution < -0.4 is 4.74 Å². The highest BCUT2D eigenvalue weighted by molar-refractivity contribution is 5.82. The molecule has 1 aromatic heterocycles. The van der Waals surface area contributed by atoms with Gasteiger partial charge in [-0.1, -0.05) is 6.07 Å². The van der Waals surface area contributed by atoms with E-state index >= 15 is 0 Å². The SMILES string of the molecule is COc1ccc(-c2cccnc2F)cc1C=O. The average molecular weight is 231 g/mol. The number of methoxy groups -OCH3 is 1. The number of carbonyl (C=O) groups is 1. The highest BCUT2D eigenvalue weighted by atomic mass is 19.1. The van der Waals surface area contributed by atoms with Gasteiger partial charge in [0, 0.05) is 11.8 Å². The standard InChI is InChI=1S/C13H10FNO2/c1-17-12-5-4-9(7-10(12)8-16)11-3-2-6-15-13(11)14/h2-8H,1H3. The topological polar surface area (TPSA) is 39.2 Å². The van der Waals surface area contributed by atoms with Crippen LogP contribution in [0.2, 0.25) is 0 Å². The number of nitrogens with zero attached hydrogens (tertiary/aromatic N) is 1. The summed E-state index contributed by atoms with van der Waals surface area (Å²) in [5.74, 6) is -0.0948. The van der Waals surface area contributed by atoms with E-state index in [0.29, 0.717) is 28.7 Å². The Bertz CT molecular complexity index is 555. The molecule has 2 aromatic rings. The second-order valence-electron chi connectivity index (χ2n) is 3.42. The molecule has 0 fully saturated rings. The third-order valence-electron chi connectivity index (χ3n) is 2.43. The molecule has 0 atom stereocenters. The zero-order chi connectivity index (χ0) is 12.3. The molecule has 0 unspecified atom stereocenters. The van der Waals surface area contributed by atoms with Crippen LogP contribution in [0, 0.1) is 5.95 Å². The number of ether oxygens (including phenoxy) is 1. The average Bonchev–Trinajstić information content (AvgIpc) is 2.38. The van der Waals surface area contributed by atoms with Gasteiger partial charge in [-0.25, -0.2) is 4.98 Å². The molecule has 0 radical (unpaired) electrons. The van der Waals surface area contributed by atoms with Crippen molar-refractivity contribution in [3.8, 4) is 16.9 Å². The van der Waals surface area contributed by atoms with Crippen LogP contribution in [0.3, 0.4) is 0 Å². The fraction of sp³-hybridized carbons (Fsp3) is 0.0769. The first-order chi connectivity index (χ1) is 8.26. The Labute approximate surface area is 97.9 Å². The quantitative estimate of drug-likeness (QED) is 0.602. The van der Waals surface area contributed by atoms with E-state index in [1.807, 2.05) is 0 Å². The lowest BCUT2D eigenvalue weighted by molar-refractivity contribution is 0.112. The molecule has 1 aromatic carbocycles. The van der Waals surface area contributed by atoms with Gasteiger partial charge in [0.2, 0.25) is 5.95 Å². The molecule has 0 bridgehead atoms. The molecule has 3 nitrogen and oxygen atoms in total. The van der Waals surface area contributed by atoms with E-state index in [-0.39, 0.29) is 0 Å². The van der Waals surface area contributed by atoms with E-state index in [4.69, 9.17) is 4.74 Å². The number of halogens is 1. The van der Waals surface area contributed by atoms with Crippen molar-refractivity contribution in [1.82, 2.24) is 4.98 Å². The van der Waals surface area contributed by atoms with Gasteiger partial charge in [-0.05, 0) is 29.8 Å². The van der Waals surface area contributed by atoms with Crippen LogP contribution in [0.25, 0.3) is 11.1 Å². The maximum absolute atomic E-state index is 13.5. The molecule has 0 saturated heterocycles. The van der Waals surface area contributed by atoms with Gasteiger partial charge in [0.15, 0.2) is 6.29 Å². The molecule has 0 amide bonds. The molecular weight excluding hydrogens is 221 g/mol. The maximum Gasteiger partial charge on any atom is 0.220 e. The maximum atomic E-state index is 13.5. The zero-order valence-electron chi connectivity index (χ0n) is 9.18. The van der Waals surface area contributed by atoms with Gasteiger partial charge in [-0.15, -0.1) is 0 Å². The molecule has 0 spiro atoms. The Hall–Kier alpha value is -2.23. The molecule has 0 aliphatic rings. The summed E-state index contributed by atoms with van der Waals surface area (Å²) in [6.07, 6.45) is 2.06. The van der Waals surface area contributed by atoms with Crippen molar-refractivity contribution in [3.05, 3.63) is 48.0 Å². The Morgan fingerprint density at radius 3 is 2.82 bits per heavy atom. The Kier molecular flexibility index (Phi) is 3.14. The second-order valence-corrected chi connectivity index (χ2v) is 3.42. The van der Waals surface area contributed by atoms with Gasteiger partial charge in [-0.2, -0.15) is 4.39 Å². The Morgan fingerprint density at radius 1 is 1.35 bits per heavy atom. The van der Waals surface area contributed by atoms with Crippen molar-refractivity contribution >= 4 is 6.29 Å². The summed E-state index contributed by atoms with van der Waals surface area (Å²) in [5, 5.41) is 0. The molecule has 17 heavy (non-hydrogen) atoms. The lowest BCUT2D eigenvalue weighted by Crippen LogP contribution is -1.93. The monoisotopic (exact) mass is 231 g/mol. The Morgan fingerprint density at radius 2 is 2.18 bits per heavy atom. The van der Waals surface area contributed by atoms with Crippen LogP contribution in [0.4, 0.5) is 4.39 Å². The van der Waals surface area contributed by atoms with Crippen molar-refractivity contribution in [2.24, 2.45) is 0 Å². The van der Waals surface area contributed by atoms with Crippen molar-refractivity contribution in [1.29, 1.82) is 0 Å². The molecule has 0 aliphatic heterocycles. The van der Waals surface area contributed by atoms with Crippen molar-refractivity contribution < 1.29 is 13.9 Å². The predicted octanol–water partition coefficient (Wildman–Crippen LogP) is 2.71. The van der Waals surface area contributed by atoms with E-state index in [9.17, 15) is 9.18 Å². The van der Waals surface area contributed by atoms with Crippen LogP contribution in [0.1, 0.15) is 10.4 Å². The summed E-state index contributed by atoms with van der Waals surface area (Å²) in [4.78, 5) is 14.4. The lowest BCUT2D eigenvalue weighted by Gasteiger charge is -2.07. The number of aldehydes is 1. The van der Waals surface area contributed by atoms with Gasteiger partial charge >= 0.3 is 0 Å². The van der Waals surface area contributed by atoms with Gasteiger partial charge in [0.1, 0.15) is 5.75 Å². The summed E-state index contributed by atoms with van der Waals surface area (Å²) in [6.45, 7) is 0. The largest absolute Gasteiger partial charge is 0.496 e. The van der Waals surface area contributed by atoms with E-state index in [1.165, 1.54) is 13.3 Å². The Balaban J connectivity index is 2.54. The second kappa shape index (κ2) is 4.74. The minimum absolute atomic E-state index is 0.359. The van der Waals surface area contributed by atoms with Crippen molar-refractivity contribution in [2.45, 2.75) is 0 Å². The first-order valence-electron chi connectivity index (χ1n) is 5.00. The number of aromatic nitrogens is 1. The number of rotatable bonds is 3.